The van der Waals surface area contributed by atoms with E-state index in [0.29, 0.717) is 66.7 Å². The Kier molecular flexibility index (Phi) is 4.76. The molecule has 0 aliphatic carbocycles. The van der Waals surface area contributed by atoms with Gasteiger partial charge < -0.3 is 4.42 Å². The molecule has 0 saturated heterocycles. The van der Waals surface area contributed by atoms with Crippen LogP contribution in [0.4, 0.5) is 0 Å². The lowest BCUT2D eigenvalue weighted by molar-refractivity contribution is 0.670. The number of hydrogen-bond acceptors (Lipinski definition) is 4. The van der Waals surface area contributed by atoms with E-state index in [0.717, 1.165) is 21.9 Å². The number of benzene rings is 8. The second-order valence-electron chi connectivity index (χ2n) is 11.8. The molecule has 0 fully saturated rings. The Labute approximate surface area is 291 Å². The zero-order chi connectivity index (χ0) is 38.4. The number of fused-ring (bicyclic) bond motifs is 9. The number of hydrogen-bond donors (Lipinski definition) is 0. The van der Waals surface area contributed by atoms with Crippen molar-refractivity contribution >= 4 is 54.3 Å². The van der Waals surface area contributed by atoms with Gasteiger partial charge in [-0.05, 0) is 56.1 Å². The summed E-state index contributed by atoms with van der Waals surface area (Å²) in [5.41, 5.74) is 4.26. The average molecular weight is 633 g/mol. The van der Waals surface area contributed by atoms with E-state index >= 15 is 0 Å². The van der Waals surface area contributed by atoms with Crippen LogP contribution in [0.5, 0.6) is 0 Å². The Balaban J connectivity index is 1.20. The summed E-state index contributed by atoms with van der Waals surface area (Å²) in [5, 5.41) is 3.90. The highest BCUT2D eigenvalue weighted by Gasteiger charge is 2.17. The molecule has 0 saturated carbocycles. The van der Waals surface area contributed by atoms with E-state index in [1.54, 1.807) is 6.07 Å². The van der Waals surface area contributed by atoms with Crippen molar-refractivity contribution in [3.63, 3.8) is 0 Å². The van der Waals surface area contributed by atoms with Crippen molar-refractivity contribution < 1.29 is 14.0 Å². The van der Waals surface area contributed by atoms with Gasteiger partial charge in [0.2, 0.25) is 0 Å². The summed E-state index contributed by atoms with van der Waals surface area (Å²) < 4.78 is 68.5. The minimum atomic E-state index is -0.148. The molecule has 2 aromatic heterocycles. The van der Waals surface area contributed by atoms with Crippen LogP contribution in [-0.2, 0) is 0 Å². The first kappa shape index (κ1) is 21.3. The fourth-order valence-corrected chi connectivity index (χ4v) is 6.63. The third-order valence-corrected chi connectivity index (χ3v) is 8.96. The normalized spacial score (nSPS) is 13.7. The Bertz CT molecular complexity index is 3220. The minimum absolute atomic E-state index is 0.0350. The van der Waals surface area contributed by atoms with E-state index in [9.17, 15) is 2.74 Å². The maximum atomic E-state index is 9.67. The summed E-state index contributed by atoms with van der Waals surface area (Å²) in [6.07, 6.45) is 0. The monoisotopic (exact) mass is 632 g/mol. The topological polar surface area (TPSA) is 51.8 Å². The van der Waals surface area contributed by atoms with Gasteiger partial charge >= 0.3 is 0 Å². The van der Waals surface area contributed by atoms with Crippen LogP contribution in [0.15, 0.2) is 168 Å². The highest BCUT2D eigenvalue weighted by atomic mass is 16.3. The predicted octanol–water partition coefficient (Wildman–Crippen LogP) is 11.9. The summed E-state index contributed by atoms with van der Waals surface area (Å²) in [5.74, 6) is 1.55. The molecular weight excluding hydrogens is 599 g/mol. The molecule has 10 aromatic rings. The lowest BCUT2D eigenvalue weighted by Crippen LogP contribution is -2.00. The molecule has 0 radical (unpaired) electrons. The first-order valence-corrected chi connectivity index (χ1v) is 15.9. The molecule has 0 aliphatic rings. The van der Waals surface area contributed by atoms with Crippen molar-refractivity contribution in [3.05, 3.63) is 164 Å². The Hall–Kier alpha value is -6.65. The molecule has 8 aromatic carbocycles. The number of nitrogens with zero attached hydrogens (tertiary/aromatic N) is 3. The Morgan fingerprint density at radius 3 is 1.80 bits per heavy atom. The van der Waals surface area contributed by atoms with Crippen LogP contribution in [-0.4, -0.2) is 15.0 Å². The van der Waals surface area contributed by atoms with Crippen molar-refractivity contribution in [1.82, 2.24) is 15.0 Å². The molecule has 2 heterocycles. The van der Waals surface area contributed by atoms with E-state index in [1.807, 2.05) is 97.1 Å². The zero-order valence-electron chi connectivity index (χ0n) is 32.8. The van der Waals surface area contributed by atoms with Crippen LogP contribution < -0.4 is 0 Å². The van der Waals surface area contributed by atoms with Gasteiger partial charge in [-0.1, -0.05) is 145 Å². The molecule has 0 atom stereocenters. The number of rotatable bonds is 4. The molecule has 4 nitrogen and oxygen atoms in total. The first-order chi connectivity index (χ1) is 27.2. The third kappa shape index (κ3) is 4.49. The fraction of sp³-hybridized carbons (Fsp3) is 0. The van der Waals surface area contributed by atoms with Gasteiger partial charge in [-0.25, -0.2) is 15.0 Å². The maximum Gasteiger partial charge on any atom is 0.164 e. The van der Waals surface area contributed by atoms with Crippen LogP contribution >= 0.6 is 0 Å². The maximum absolute atomic E-state index is 9.67. The molecule has 49 heavy (non-hydrogen) atoms. The third-order valence-electron chi connectivity index (χ3n) is 8.96. The smallest absolute Gasteiger partial charge is 0.164 e. The van der Waals surface area contributed by atoms with Crippen LogP contribution in [0.2, 0.25) is 0 Å². The molecule has 4 heteroatoms. The number of furan rings is 1. The van der Waals surface area contributed by atoms with Crippen molar-refractivity contribution in [3.8, 4) is 45.3 Å². The molecule has 0 amide bonds. The SMILES string of the molecule is [2H]c1cc2c(cc1[2H])c1c([2H])c([2H])cc([2H])c1c1c([2H])c(-c3cccc4c3oc3cc(-c5nc(-c6ccccc6)nc(-c6ccccc6)n5)ccc34)c([2H])cc21. The van der Waals surface area contributed by atoms with Gasteiger partial charge in [0.25, 0.3) is 0 Å². The second-order valence-corrected chi connectivity index (χ2v) is 11.8. The molecule has 10 rings (SSSR count). The molecule has 0 bridgehead atoms. The van der Waals surface area contributed by atoms with E-state index in [-0.39, 0.29) is 53.2 Å². The van der Waals surface area contributed by atoms with Crippen LogP contribution in [0.3, 0.4) is 0 Å². The quantitative estimate of drug-likeness (QED) is 0.181. The Morgan fingerprint density at radius 1 is 0.408 bits per heavy atom. The van der Waals surface area contributed by atoms with Gasteiger partial charge in [0, 0.05) is 33.0 Å². The lowest BCUT2D eigenvalue weighted by Gasteiger charge is -2.12. The first-order valence-electron chi connectivity index (χ1n) is 19.4. The summed E-state index contributed by atoms with van der Waals surface area (Å²) >= 11 is 0. The summed E-state index contributed by atoms with van der Waals surface area (Å²) in [6, 6.07) is 36.4. The van der Waals surface area contributed by atoms with Gasteiger partial charge in [0.05, 0.1) is 9.60 Å². The largest absolute Gasteiger partial charge is 0.455 e. The average Bonchev–Trinajstić information content (AvgIpc) is 3.59. The van der Waals surface area contributed by atoms with Gasteiger partial charge in [-0.15, -0.1) is 0 Å². The number of para-hydroxylation sites is 1. The molecule has 228 valence electrons. The van der Waals surface area contributed by atoms with Crippen LogP contribution in [0.25, 0.3) is 99.5 Å². The van der Waals surface area contributed by atoms with Crippen molar-refractivity contribution in [2.75, 3.05) is 0 Å². The van der Waals surface area contributed by atoms with Crippen molar-refractivity contribution in [2.24, 2.45) is 0 Å². The summed E-state index contributed by atoms with van der Waals surface area (Å²) in [4.78, 5) is 14.6. The molecular formula is C45H27N3O. The predicted molar refractivity (Wildman–Crippen MR) is 201 cm³/mol. The van der Waals surface area contributed by atoms with Crippen LogP contribution in [0, 0.1) is 0 Å². The highest BCUT2D eigenvalue weighted by molar-refractivity contribution is 6.26. The molecule has 0 N–H and O–H groups in total. The van der Waals surface area contributed by atoms with Crippen LogP contribution in [0.1, 0.15) is 9.60 Å². The van der Waals surface area contributed by atoms with E-state index in [1.165, 1.54) is 18.2 Å². The Morgan fingerprint density at radius 2 is 1.06 bits per heavy atom. The lowest BCUT2D eigenvalue weighted by atomic mass is 9.92. The van der Waals surface area contributed by atoms with Gasteiger partial charge in [0.1, 0.15) is 11.2 Å². The second kappa shape index (κ2) is 11.0. The number of aromatic nitrogens is 3. The molecule has 0 aliphatic heterocycles. The zero-order valence-corrected chi connectivity index (χ0v) is 25.8. The van der Waals surface area contributed by atoms with Crippen molar-refractivity contribution in [1.29, 1.82) is 0 Å². The van der Waals surface area contributed by atoms with E-state index < -0.39 is 0 Å². The van der Waals surface area contributed by atoms with E-state index in [4.69, 9.17) is 26.2 Å². The summed E-state index contributed by atoms with van der Waals surface area (Å²) in [6.45, 7) is 0. The van der Waals surface area contributed by atoms with E-state index in [2.05, 4.69) is 0 Å². The summed E-state index contributed by atoms with van der Waals surface area (Å²) in [7, 11) is 0. The highest BCUT2D eigenvalue weighted by Crippen LogP contribution is 2.41. The van der Waals surface area contributed by atoms with Gasteiger partial charge in [0.15, 0.2) is 17.5 Å². The van der Waals surface area contributed by atoms with Gasteiger partial charge in [-0.3, -0.25) is 0 Å². The molecule has 0 unspecified atom stereocenters. The molecule has 0 spiro atoms. The van der Waals surface area contributed by atoms with Crippen molar-refractivity contribution in [2.45, 2.75) is 0 Å². The minimum Gasteiger partial charge on any atom is -0.455 e. The standard InChI is InChI=1S/C45H27N3O/c1-3-12-28(13-4-1)43-46-44(29-14-5-2-6-15-29)48-45(47-43)31-23-25-38-39-21-11-20-32(42(39)49-41(38)27-31)30-22-24-37-35-18-8-7-16-33(35)34-17-9-10-19-36(34)40(37)26-30/h1-27H/i7D,8D,9D,17D,19D,22D,26D. The van der Waals surface area contributed by atoms with Gasteiger partial charge in [-0.2, -0.15) is 0 Å². The fourth-order valence-electron chi connectivity index (χ4n) is 6.63.